The minimum absolute atomic E-state index is 0.762. The van der Waals surface area contributed by atoms with Gasteiger partial charge in [0.05, 0.1) is 0 Å². The van der Waals surface area contributed by atoms with Gasteiger partial charge in [-0.3, -0.25) is 0 Å². The molecule has 2 aromatic carbocycles. The first-order chi connectivity index (χ1) is 8.93. The summed E-state index contributed by atoms with van der Waals surface area (Å²) in [6.07, 6.45) is 2.65. The number of hydrogen-bond donors (Lipinski definition) is 2. The third kappa shape index (κ3) is 2.49. The Hall–Kier alpha value is -1.54. The maximum atomic E-state index is 3.62. The summed E-state index contributed by atoms with van der Waals surface area (Å²) in [5.41, 5.74) is 1.26. The smallest absolute Gasteiger partial charge is 0.0419 e. The van der Waals surface area contributed by atoms with Gasteiger partial charge in [-0.25, -0.2) is 0 Å². The lowest BCUT2D eigenvalue weighted by atomic mass is 9.99. The Bertz CT molecular complexity index is 510. The van der Waals surface area contributed by atoms with Gasteiger partial charge in [0, 0.05) is 17.6 Å². The van der Waals surface area contributed by atoms with Crippen molar-refractivity contribution >= 4 is 16.5 Å². The van der Waals surface area contributed by atoms with Gasteiger partial charge in [-0.15, -0.1) is 0 Å². The average Bonchev–Trinajstić information content (AvgIpc) is 2.46. The van der Waals surface area contributed by atoms with Crippen molar-refractivity contribution < 1.29 is 0 Å². The molecule has 1 aliphatic heterocycles. The maximum Gasteiger partial charge on any atom is 0.0419 e. The normalized spacial score (nSPS) is 19.9. The van der Waals surface area contributed by atoms with E-state index in [4.69, 9.17) is 0 Å². The number of nitrogens with one attached hydrogen (secondary N) is 2. The van der Waals surface area contributed by atoms with Crippen LogP contribution >= 0.6 is 0 Å². The standard InChI is InChI=1S/C16H20N2/c1-2-8-15-14(6-1)7-3-9-16(15)18-12-13-5-4-10-17-11-13/h1-3,6-9,13,17-18H,4-5,10-12H2. The van der Waals surface area contributed by atoms with E-state index in [0.29, 0.717) is 0 Å². The fourth-order valence-electron chi connectivity index (χ4n) is 2.73. The van der Waals surface area contributed by atoms with Crippen LogP contribution in [0.2, 0.25) is 0 Å². The predicted molar refractivity (Wildman–Crippen MR) is 78.0 cm³/mol. The maximum absolute atomic E-state index is 3.62. The van der Waals surface area contributed by atoms with Crippen molar-refractivity contribution in [3.63, 3.8) is 0 Å². The summed E-state index contributed by atoms with van der Waals surface area (Å²) < 4.78 is 0. The number of anilines is 1. The molecule has 18 heavy (non-hydrogen) atoms. The summed E-state index contributed by atoms with van der Waals surface area (Å²) >= 11 is 0. The van der Waals surface area contributed by atoms with E-state index in [1.165, 1.54) is 35.8 Å². The molecule has 0 bridgehead atoms. The van der Waals surface area contributed by atoms with E-state index in [2.05, 4.69) is 53.1 Å². The Labute approximate surface area is 108 Å². The molecule has 94 valence electrons. The number of hydrogen-bond acceptors (Lipinski definition) is 2. The zero-order chi connectivity index (χ0) is 12.2. The number of rotatable bonds is 3. The first-order valence-corrected chi connectivity index (χ1v) is 6.86. The fraction of sp³-hybridized carbons (Fsp3) is 0.375. The van der Waals surface area contributed by atoms with E-state index < -0.39 is 0 Å². The van der Waals surface area contributed by atoms with Gasteiger partial charge < -0.3 is 10.6 Å². The highest BCUT2D eigenvalue weighted by Crippen LogP contribution is 2.23. The molecule has 1 atom stereocenters. The molecule has 2 heteroatoms. The van der Waals surface area contributed by atoms with Crippen LogP contribution in [0.3, 0.4) is 0 Å². The second-order valence-corrected chi connectivity index (χ2v) is 5.12. The molecule has 0 spiro atoms. The highest BCUT2D eigenvalue weighted by Gasteiger charge is 2.12. The molecule has 1 saturated heterocycles. The average molecular weight is 240 g/mol. The molecule has 1 fully saturated rings. The summed E-state index contributed by atoms with van der Waals surface area (Å²) in [6.45, 7) is 3.41. The monoisotopic (exact) mass is 240 g/mol. The highest BCUT2D eigenvalue weighted by atomic mass is 14.9. The second kappa shape index (κ2) is 5.40. The molecule has 0 radical (unpaired) electrons. The van der Waals surface area contributed by atoms with Gasteiger partial charge >= 0.3 is 0 Å². The van der Waals surface area contributed by atoms with E-state index in [-0.39, 0.29) is 0 Å². The second-order valence-electron chi connectivity index (χ2n) is 5.12. The molecule has 2 N–H and O–H groups in total. The summed E-state index contributed by atoms with van der Waals surface area (Å²) in [5, 5.41) is 9.72. The predicted octanol–water partition coefficient (Wildman–Crippen LogP) is 3.25. The third-order valence-electron chi connectivity index (χ3n) is 3.77. The highest BCUT2D eigenvalue weighted by molar-refractivity contribution is 5.93. The largest absolute Gasteiger partial charge is 0.384 e. The van der Waals surface area contributed by atoms with Gasteiger partial charge in [-0.05, 0) is 43.3 Å². The Morgan fingerprint density at radius 1 is 1.11 bits per heavy atom. The molecule has 0 amide bonds. The Morgan fingerprint density at radius 2 is 2.00 bits per heavy atom. The van der Waals surface area contributed by atoms with Crippen LogP contribution in [0.5, 0.6) is 0 Å². The van der Waals surface area contributed by atoms with Gasteiger partial charge in [0.15, 0.2) is 0 Å². The van der Waals surface area contributed by atoms with Crippen LogP contribution in [-0.4, -0.2) is 19.6 Å². The number of piperidine rings is 1. The van der Waals surface area contributed by atoms with Crippen LogP contribution in [-0.2, 0) is 0 Å². The zero-order valence-corrected chi connectivity index (χ0v) is 10.7. The molecular weight excluding hydrogens is 220 g/mol. The lowest BCUT2D eigenvalue weighted by Gasteiger charge is -2.23. The van der Waals surface area contributed by atoms with E-state index in [1.54, 1.807) is 0 Å². The van der Waals surface area contributed by atoms with Crippen molar-refractivity contribution in [1.29, 1.82) is 0 Å². The van der Waals surface area contributed by atoms with E-state index in [1.807, 2.05) is 0 Å². The van der Waals surface area contributed by atoms with Crippen LogP contribution in [0, 0.1) is 5.92 Å². The van der Waals surface area contributed by atoms with Gasteiger partial charge in [-0.1, -0.05) is 36.4 Å². The summed E-state index contributed by atoms with van der Waals surface area (Å²) in [4.78, 5) is 0. The first kappa shape index (κ1) is 11.5. The minimum atomic E-state index is 0.762. The Kier molecular flexibility index (Phi) is 3.47. The van der Waals surface area contributed by atoms with Gasteiger partial charge in [0.2, 0.25) is 0 Å². The zero-order valence-electron chi connectivity index (χ0n) is 10.7. The van der Waals surface area contributed by atoms with Crippen molar-refractivity contribution in [3.05, 3.63) is 42.5 Å². The van der Waals surface area contributed by atoms with Crippen LogP contribution < -0.4 is 10.6 Å². The number of fused-ring (bicyclic) bond motifs is 1. The lowest BCUT2D eigenvalue weighted by molar-refractivity contribution is 0.393. The molecule has 2 nitrogen and oxygen atoms in total. The van der Waals surface area contributed by atoms with Crippen molar-refractivity contribution in [3.8, 4) is 0 Å². The number of benzene rings is 2. The molecule has 0 saturated carbocycles. The van der Waals surface area contributed by atoms with E-state index in [0.717, 1.165) is 19.0 Å². The molecule has 1 unspecified atom stereocenters. The topological polar surface area (TPSA) is 24.1 Å². The molecule has 2 aromatic rings. The van der Waals surface area contributed by atoms with Crippen LogP contribution in [0.1, 0.15) is 12.8 Å². The molecule has 1 heterocycles. The Balaban J connectivity index is 1.74. The summed E-state index contributed by atoms with van der Waals surface area (Å²) in [7, 11) is 0. The van der Waals surface area contributed by atoms with Crippen molar-refractivity contribution in [2.45, 2.75) is 12.8 Å². The van der Waals surface area contributed by atoms with Crippen LogP contribution in [0.15, 0.2) is 42.5 Å². The molecule has 0 aromatic heterocycles. The Morgan fingerprint density at radius 3 is 2.89 bits per heavy atom. The summed E-state index contributed by atoms with van der Waals surface area (Å²) in [5.74, 6) is 0.762. The van der Waals surface area contributed by atoms with Gasteiger partial charge in [0.25, 0.3) is 0 Å². The van der Waals surface area contributed by atoms with Crippen molar-refractivity contribution in [2.24, 2.45) is 5.92 Å². The SMILES string of the molecule is c1ccc2c(NCC3CCCNC3)cccc2c1. The van der Waals surface area contributed by atoms with Crippen molar-refractivity contribution in [1.82, 2.24) is 5.32 Å². The van der Waals surface area contributed by atoms with E-state index in [9.17, 15) is 0 Å². The molecule has 1 aliphatic rings. The van der Waals surface area contributed by atoms with Gasteiger partial charge in [-0.2, -0.15) is 0 Å². The molecular formula is C16H20N2. The van der Waals surface area contributed by atoms with Crippen molar-refractivity contribution in [2.75, 3.05) is 25.0 Å². The molecule has 0 aliphatic carbocycles. The third-order valence-corrected chi connectivity index (χ3v) is 3.77. The quantitative estimate of drug-likeness (QED) is 0.860. The lowest BCUT2D eigenvalue weighted by Crippen LogP contribution is -2.33. The minimum Gasteiger partial charge on any atom is -0.384 e. The van der Waals surface area contributed by atoms with Crippen LogP contribution in [0.4, 0.5) is 5.69 Å². The van der Waals surface area contributed by atoms with E-state index >= 15 is 0 Å². The van der Waals surface area contributed by atoms with Crippen LogP contribution in [0.25, 0.3) is 10.8 Å². The van der Waals surface area contributed by atoms with Gasteiger partial charge in [0.1, 0.15) is 0 Å². The summed E-state index contributed by atoms with van der Waals surface area (Å²) in [6, 6.07) is 15.0. The first-order valence-electron chi connectivity index (χ1n) is 6.86. The fourth-order valence-corrected chi connectivity index (χ4v) is 2.73. The molecule has 3 rings (SSSR count).